The SMILES string of the molecule is Cc1ncc(-c2ccc3c(c2)N(c2cnc(C)c(N4CCOC4=O)n2)C(=O)C3(C)C)cn1. The molecule has 0 spiro atoms. The van der Waals surface area contributed by atoms with Crippen LogP contribution in [0.4, 0.5) is 22.1 Å². The lowest BCUT2D eigenvalue weighted by atomic mass is 9.85. The van der Waals surface area contributed by atoms with E-state index < -0.39 is 11.5 Å². The van der Waals surface area contributed by atoms with E-state index in [9.17, 15) is 9.59 Å². The third-order valence-electron chi connectivity index (χ3n) is 5.93. The number of amides is 2. The van der Waals surface area contributed by atoms with Crippen LogP contribution in [-0.2, 0) is 14.9 Å². The summed E-state index contributed by atoms with van der Waals surface area (Å²) in [5, 5.41) is 0. The molecule has 9 nitrogen and oxygen atoms in total. The summed E-state index contributed by atoms with van der Waals surface area (Å²) in [5.74, 6) is 1.33. The summed E-state index contributed by atoms with van der Waals surface area (Å²) in [7, 11) is 0. The molecular formula is C23H22N6O3. The molecule has 0 bridgehead atoms. The lowest BCUT2D eigenvalue weighted by Crippen LogP contribution is -2.34. The molecule has 162 valence electrons. The number of benzene rings is 1. The molecular weight excluding hydrogens is 408 g/mol. The van der Waals surface area contributed by atoms with Gasteiger partial charge in [-0.2, -0.15) is 0 Å². The first-order valence-electron chi connectivity index (χ1n) is 10.3. The Labute approximate surface area is 185 Å². The maximum Gasteiger partial charge on any atom is 0.415 e. The van der Waals surface area contributed by atoms with Crippen molar-refractivity contribution in [3.8, 4) is 11.1 Å². The summed E-state index contributed by atoms with van der Waals surface area (Å²) >= 11 is 0. The van der Waals surface area contributed by atoms with Crippen molar-refractivity contribution < 1.29 is 14.3 Å². The Morgan fingerprint density at radius 1 is 1.00 bits per heavy atom. The molecule has 0 aliphatic carbocycles. The molecule has 1 fully saturated rings. The quantitative estimate of drug-likeness (QED) is 0.627. The Morgan fingerprint density at radius 3 is 2.44 bits per heavy atom. The van der Waals surface area contributed by atoms with Crippen molar-refractivity contribution in [1.29, 1.82) is 0 Å². The second kappa shape index (κ2) is 7.08. The minimum absolute atomic E-state index is 0.113. The Hall–Kier alpha value is -3.88. The van der Waals surface area contributed by atoms with E-state index in [-0.39, 0.29) is 5.91 Å². The van der Waals surface area contributed by atoms with Crippen LogP contribution in [0.5, 0.6) is 0 Å². The minimum Gasteiger partial charge on any atom is -0.447 e. The molecule has 0 saturated carbocycles. The molecule has 2 aliphatic heterocycles. The van der Waals surface area contributed by atoms with E-state index in [0.717, 1.165) is 22.4 Å². The molecule has 0 unspecified atom stereocenters. The fourth-order valence-electron chi connectivity index (χ4n) is 4.08. The number of hydrogen-bond acceptors (Lipinski definition) is 7. The fraction of sp³-hybridized carbons (Fsp3) is 0.304. The normalized spacial score (nSPS) is 17.0. The zero-order valence-corrected chi connectivity index (χ0v) is 18.3. The van der Waals surface area contributed by atoms with E-state index in [1.807, 2.05) is 39.0 Å². The lowest BCUT2D eigenvalue weighted by Gasteiger charge is -2.21. The lowest BCUT2D eigenvalue weighted by molar-refractivity contribution is -0.121. The molecule has 2 aliphatic rings. The van der Waals surface area contributed by atoms with Crippen LogP contribution in [0.2, 0.25) is 0 Å². The fourth-order valence-corrected chi connectivity index (χ4v) is 4.08. The van der Waals surface area contributed by atoms with Gasteiger partial charge in [0.05, 0.1) is 29.5 Å². The van der Waals surface area contributed by atoms with Gasteiger partial charge in [0.1, 0.15) is 12.4 Å². The Bertz CT molecular complexity index is 1260. The maximum absolute atomic E-state index is 13.5. The van der Waals surface area contributed by atoms with E-state index in [4.69, 9.17) is 4.74 Å². The van der Waals surface area contributed by atoms with Crippen LogP contribution in [0.1, 0.15) is 30.9 Å². The predicted octanol–water partition coefficient (Wildman–Crippen LogP) is 3.46. The van der Waals surface area contributed by atoms with Crippen molar-refractivity contribution in [2.24, 2.45) is 0 Å². The van der Waals surface area contributed by atoms with Crippen molar-refractivity contribution in [3.05, 3.63) is 53.9 Å². The van der Waals surface area contributed by atoms with Gasteiger partial charge < -0.3 is 4.74 Å². The van der Waals surface area contributed by atoms with Crippen LogP contribution in [0.25, 0.3) is 11.1 Å². The summed E-state index contributed by atoms with van der Waals surface area (Å²) in [4.78, 5) is 46.2. The number of nitrogens with zero attached hydrogens (tertiary/aromatic N) is 6. The molecule has 2 aromatic heterocycles. The summed E-state index contributed by atoms with van der Waals surface area (Å²) < 4.78 is 5.05. The van der Waals surface area contributed by atoms with Gasteiger partial charge in [0.2, 0.25) is 5.91 Å². The molecule has 0 atom stereocenters. The summed E-state index contributed by atoms with van der Waals surface area (Å²) in [5.41, 5.74) is 3.21. The Morgan fingerprint density at radius 2 is 1.75 bits per heavy atom. The van der Waals surface area contributed by atoms with Crippen molar-refractivity contribution in [1.82, 2.24) is 19.9 Å². The van der Waals surface area contributed by atoms with Gasteiger partial charge in [-0.15, -0.1) is 0 Å². The minimum atomic E-state index is -0.739. The van der Waals surface area contributed by atoms with E-state index in [0.29, 0.717) is 36.3 Å². The first kappa shape index (κ1) is 20.0. The van der Waals surface area contributed by atoms with E-state index >= 15 is 0 Å². The van der Waals surface area contributed by atoms with Crippen LogP contribution in [-0.4, -0.2) is 45.1 Å². The molecule has 32 heavy (non-hydrogen) atoms. The average Bonchev–Trinajstić information content (AvgIpc) is 3.28. The standard InChI is InChI=1S/C23H22N6O3/c1-13-20(28-7-8-32-22(28)31)27-19(12-24-13)29-18-9-15(16-10-25-14(2)26-11-16)5-6-17(18)23(3,4)21(29)30/h5-6,9-12H,7-8H2,1-4H3. The van der Waals surface area contributed by atoms with Crippen LogP contribution in [0.3, 0.4) is 0 Å². The Kier molecular flexibility index (Phi) is 4.44. The first-order chi connectivity index (χ1) is 15.3. The van der Waals surface area contributed by atoms with Crippen molar-refractivity contribution in [2.75, 3.05) is 23.0 Å². The van der Waals surface area contributed by atoms with Crippen LogP contribution in [0.15, 0.2) is 36.8 Å². The monoisotopic (exact) mass is 430 g/mol. The molecule has 3 aromatic rings. The molecule has 1 aromatic carbocycles. The highest BCUT2D eigenvalue weighted by Crippen LogP contribution is 2.46. The van der Waals surface area contributed by atoms with Gasteiger partial charge in [-0.05, 0) is 44.9 Å². The topological polar surface area (TPSA) is 101 Å². The second-order valence-electron chi connectivity index (χ2n) is 8.42. The highest BCUT2D eigenvalue weighted by atomic mass is 16.6. The zero-order chi connectivity index (χ0) is 22.6. The molecule has 0 radical (unpaired) electrons. The number of hydrogen-bond donors (Lipinski definition) is 0. The highest BCUT2D eigenvalue weighted by molar-refractivity contribution is 6.12. The number of fused-ring (bicyclic) bond motifs is 1. The highest BCUT2D eigenvalue weighted by Gasteiger charge is 2.45. The number of aromatic nitrogens is 4. The number of cyclic esters (lactones) is 1. The van der Waals surface area contributed by atoms with Gasteiger partial charge in [-0.3, -0.25) is 19.6 Å². The van der Waals surface area contributed by atoms with Gasteiger partial charge in [-0.1, -0.05) is 12.1 Å². The van der Waals surface area contributed by atoms with E-state index in [1.54, 1.807) is 30.4 Å². The third-order valence-corrected chi connectivity index (χ3v) is 5.93. The average molecular weight is 430 g/mol. The van der Waals surface area contributed by atoms with E-state index in [1.165, 1.54) is 4.90 Å². The van der Waals surface area contributed by atoms with Gasteiger partial charge in [-0.25, -0.2) is 19.7 Å². The largest absolute Gasteiger partial charge is 0.447 e. The summed E-state index contributed by atoms with van der Waals surface area (Å²) in [6.45, 7) is 8.08. The van der Waals surface area contributed by atoms with Crippen molar-refractivity contribution in [3.63, 3.8) is 0 Å². The van der Waals surface area contributed by atoms with Crippen molar-refractivity contribution >= 4 is 29.3 Å². The third kappa shape index (κ3) is 3.00. The van der Waals surface area contributed by atoms with Crippen LogP contribution in [0, 0.1) is 13.8 Å². The second-order valence-corrected chi connectivity index (χ2v) is 8.42. The van der Waals surface area contributed by atoms with Gasteiger partial charge in [0, 0.05) is 18.0 Å². The van der Waals surface area contributed by atoms with Crippen LogP contribution >= 0.6 is 0 Å². The predicted molar refractivity (Wildman–Crippen MR) is 118 cm³/mol. The van der Waals surface area contributed by atoms with Gasteiger partial charge in [0.15, 0.2) is 11.6 Å². The number of carbonyl (C=O) groups excluding carboxylic acids is 2. The zero-order valence-electron chi connectivity index (χ0n) is 18.3. The number of aryl methyl sites for hydroxylation is 2. The number of anilines is 3. The molecule has 9 heteroatoms. The smallest absolute Gasteiger partial charge is 0.415 e. The van der Waals surface area contributed by atoms with Gasteiger partial charge >= 0.3 is 6.09 Å². The van der Waals surface area contributed by atoms with Crippen LogP contribution < -0.4 is 9.80 Å². The van der Waals surface area contributed by atoms with E-state index in [2.05, 4.69) is 19.9 Å². The molecule has 2 amide bonds. The summed E-state index contributed by atoms with van der Waals surface area (Å²) in [6, 6.07) is 5.88. The number of carbonyl (C=O) groups is 2. The van der Waals surface area contributed by atoms with Crippen molar-refractivity contribution in [2.45, 2.75) is 33.1 Å². The first-order valence-corrected chi connectivity index (χ1v) is 10.3. The number of rotatable bonds is 3. The molecule has 4 heterocycles. The Balaban J connectivity index is 1.63. The molecule has 0 N–H and O–H groups in total. The molecule has 1 saturated heterocycles. The summed E-state index contributed by atoms with van der Waals surface area (Å²) in [6.07, 6.45) is 4.62. The number of ether oxygens (including phenoxy) is 1. The van der Waals surface area contributed by atoms with Gasteiger partial charge in [0.25, 0.3) is 0 Å². The molecule has 5 rings (SSSR count). The maximum atomic E-state index is 13.5.